The van der Waals surface area contributed by atoms with Crippen LogP contribution in [0.4, 0.5) is 5.69 Å². The number of benzene rings is 2. The number of hydrogen-bond donors (Lipinski definition) is 1. The Morgan fingerprint density at radius 1 is 1.10 bits per heavy atom. The van der Waals surface area contributed by atoms with E-state index >= 15 is 0 Å². The molecule has 1 amide bonds. The minimum Gasteiger partial charge on any atom is -0.497 e. The molecule has 0 bridgehead atoms. The first-order chi connectivity index (χ1) is 14.2. The number of amides is 1. The van der Waals surface area contributed by atoms with Crippen molar-refractivity contribution in [1.82, 2.24) is 5.32 Å². The predicted octanol–water partition coefficient (Wildman–Crippen LogP) is 4.15. The van der Waals surface area contributed by atoms with Crippen molar-refractivity contribution in [1.29, 1.82) is 0 Å². The van der Waals surface area contributed by atoms with Gasteiger partial charge in [-0.05, 0) is 36.5 Å². The number of rotatable bonds is 11. The van der Waals surface area contributed by atoms with E-state index < -0.39 is 10.0 Å². The monoisotopic (exact) mass is 432 g/mol. The number of carbonyl (C=O) groups excluding carboxylic acids is 1. The van der Waals surface area contributed by atoms with E-state index in [-0.39, 0.29) is 24.9 Å². The fraction of sp³-hybridized carbons (Fsp3) is 0.435. The van der Waals surface area contributed by atoms with Gasteiger partial charge in [0.2, 0.25) is 15.9 Å². The summed E-state index contributed by atoms with van der Waals surface area (Å²) in [5, 5.41) is 3.11. The highest BCUT2D eigenvalue weighted by atomic mass is 32.2. The van der Waals surface area contributed by atoms with Gasteiger partial charge in [-0.3, -0.25) is 9.10 Å². The highest BCUT2D eigenvalue weighted by molar-refractivity contribution is 7.92. The minimum absolute atomic E-state index is 0.0527. The summed E-state index contributed by atoms with van der Waals surface area (Å²) >= 11 is 0. The number of ether oxygens (including phenoxy) is 1. The van der Waals surface area contributed by atoms with Gasteiger partial charge in [0.25, 0.3) is 0 Å². The van der Waals surface area contributed by atoms with Gasteiger partial charge in [0.1, 0.15) is 5.75 Å². The highest BCUT2D eigenvalue weighted by Crippen LogP contribution is 2.24. The van der Waals surface area contributed by atoms with Crippen LogP contribution in [0, 0.1) is 5.92 Å². The normalized spacial score (nSPS) is 12.4. The molecule has 0 saturated heterocycles. The van der Waals surface area contributed by atoms with Gasteiger partial charge in [-0.1, -0.05) is 50.2 Å². The summed E-state index contributed by atoms with van der Waals surface area (Å²) in [7, 11) is -1.94. The molecule has 0 aliphatic heterocycles. The van der Waals surface area contributed by atoms with Crippen LogP contribution in [0.3, 0.4) is 0 Å². The first-order valence-corrected chi connectivity index (χ1v) is 12.0. The molecule has 1 atom stereocenters. The molecule has 0 aliphatic carbocycles. The Morgan fingerprint density at radius 2 is 1.80 bits per heavy atom. The predicted molar refractivity (Wildman–Crippen MR) is 121 cm³/mol. The van der Waals surface area contributed by atoms with Gasteiger partial charge in [0, 0.05) is 19.0 Å². The van der Waals surface area contributed by atoms with Crippen LogP contribution in [0.2, 0.25) is 0 Å². The van der Waals surface area contributed by atoms with E-state index in [1.54, 1.807) is 24.3 Å². The van der Waals surface area contributed by atoms with Crippen molar-refractivity contribution in [3.63, 3.8) is 0 Å². The van der Waals surface area contributed by atoms with Crippen LogP contribution in [0.25, 0.3) is 0 Å². The van der Waals surface area contributed by atoms with E-state index in [4.69, 9.17) is 4.74 Å². The fourth-order valence-corrected chi connectivity index (χ4v) is 4.29. The van der Waals surface area contributed by atoms with Crippen LogP contribution in [0.1, 0.15) is 44.7 Å². The molecule has 6 nitrogen and oxygen atoms in total. The van der Waals surface area contributed by atoms with Gasteiger partial charge in [-0.2, -0.15) is 0 Å². The number of nitrogens with zero attached hydrogens (tertiary/aromatic N) is 1. The second-order valence-electron chi connectivity index (χ2n) is 7.80. The van der Waals surface area contributed by atoms with Crippen LogP contribution >= 0.6 is 0 Å². The van der Waals surface area contributed by atoms with E-state index in [0.29, 0.717) is 23.8 Å². The van der Waals surface area contributed by atoms with Crippen molar-refractivity contribution in [2.75, 3.05) is 24.2 Å². The molecule has 0 radical (unpaired) electrons. The topological polar surface area (TPSA) is 75.7 Å². The van der Waals surface area contributed by atoms with E-state index in [1.165, 1.54) is 17.7 Å². The first kappa shape index (κ1) is 23.7. The van der Waals surface area contributed by atoms with Gasteiger partial charge in [0.15, 0.2) is 0 Å². The molecule has 0 aromatic heterocycles. The van der Waals surface area contributed by atoms with E-state index in [9.17, 15) is 13.2 Å². The summed E-state index contributed by atoms with van der Waals surface area (Å²) in [5.74, 6) is 0.936. The molecular weight excluding hydrogens is 400 g/mol. The summed E-state index contributed by atoms with van der Waals surface area (Å²) in [4.78, 5) is 12.6. The Morgan fingerprint density at radius 3 is 2.40 bits per heavy atom. The molecule has 0 unspecified atom stereocenters. The largest absolute Gasteiger partial charge is 0.497 e. The molecule has 2 aromatic carbocycles. The molecular formula is C23H32N2O4S. The average Bonchev–Trinajstić information content (AvgIpc) is 2.70. The second kappa shape index (κ2) is 11.0. The molecule has 1 N–H and O–H groups in total. The lowest BCUT2D eigenvalue weighted by molar-refractivity contribution is -0.122. The van der Waals surface area contributed by atoms with Crippen LogP contribution < -0.4 is 14.4 Å². The molecule has 0 saturated carbocycles. The maximum atomic E-state index is 12.6. The van der Waals surface area contributed by atoms with Crippen molar-refractivity contribution >= 4 is 21.6 Å². The molecule has 0 aliphatic rings. The summed E-state index contributed by atoms with van der Waals surface area (Å²) in [6, 6.07) is 16.8. The Labute approximate surface area is 180 Å². The Kier molecular flexibility index (Phi) is 8.72. The zero-order chi connectivity index (χ0) is 22.1. The number of anilines is 1. The van der Waals surface area contributed by atoms with Crippen LogP contribution in [-0.2, 0) is 14.8 Å². The molecule has 2 aromatic rings. The molecule has 0 heterocycles. The highest BCUT2D eigenvalue weighted by Gasteiger charge is 2.20. The maximum Gasteiger partial charge on any atom is 0.232 e. The third-order valence-corrected chi connectivity index (χ3v) is 5.95. The number of methoxy groups -OCH3 is 1. The van der Waals surface area contributed by atoms with Crippen LogP contribution in [-0.4, -0.2) is 34.2 Å². The number of nitrogens with one attached hydrogen (secondary N) is 1. The van der Waals surface area contributed by atoms with E-state index in [1.807, 2.05) is 30.3 Å². The first-order valence-electron chi connectivity index (χ1n) is 10.2. The van der Waals surface area contributed by atoms with Gasteiger partial charge >= 0.3 is 0 Å². The lowest BCUT2D eigenvalue weighted by Crippen LogP contribution is -2.33. The summed E-state index contributed by atoms with van der Waals surface area (Å²) in [5.41, 5.74) is 1.60. The lowest BCUT2D eigenvalue weighted by Gasteiger charge is -2.24. The van der Waals surface area contributed by atoms with Crippen molar-refractivity contribution in [2.24, 2.45) is 5.92 Å². The van der Waals surface area contributed by atoms with E-state index in [0.717, 1.165) is 12.0 Å². The zero-order valence-electron chi connectivity index (χ0n) is 18.2. The zero-order valence-corrected chi connectivity index (χ0v) is 19.0. The second-order valence-corrected chi connectivity index (χ2v) is 9.71. The van der Waals surface area contributed by atoms with Crippen molar-refractivity contribution in [3.8, 4) is 5.75 Å². The van der Waals surface area contributed by atoms with Gasteiger partial charge < -0.3 is 10.1 Å². The lowest BCUT2D eigenvalue weighted by atomic mass is 9.97. The number of carbonyl (C=O) groups is 1. The quantitative estimate of drug-likeness (QED) is 0.579. The Bertz CT molecular complexity index is 914. The van der Waals surface area contributed by atoms with Crippen molar-refractivity contribution in [2.45, 2.75) is 39.2 Å². The fourth-order valence-electron chi connectivity index (χ4n) is 3.34. The van der Waals surface area contributed by atoms with Crippen LogP contribution in [0.15, 0.2) is 54.6 Å². The smallest absolute Gasteiger partial charge is 0.232 e. The Balaban J connectivity index is 2.00. The molecule has 0 spiro atoms. The average molecular weight is 433 g/mol. The number of sulfonamides is 1. The molecule has 30 heavy (non-hydrogen) atoms. The summed E-state index contributed by atoms with van der Waals surface area (Å²) in [6.45, 7) is 4.47. The molecule has 164 valence electrons. The van der Waals surface area contributed by atoms with E-state index in [2.05, 4.69) is 19.2 Å². The molecule has 2 rings (SSSR count). The van der Waals surface area contributed by atoms with Gasteiger partial charge in [-0.25, -0.2) is 8.42 Å². The Hall–Kier alpha value is -2.54. The standard InChI is InChI=1S/C23H32N2O4S/c1-18(2)16-22(19-10-6-5-7-11-19)24-23(26)14-9-15-25(30(4,27)28)20-12-8-13-21(17-20)29-3/h5-8,10-13,17-18,22H,9,14-16H2,1-4H3,(H,24,26)/t22-/m1/s1. The van der Waals surface area contributed by atoms with Crippen molar-refractivity contribution in [3.05, 3.63) is 60.2 Å². The third-order valence-electron chi connectivity index (χ3n) is 4.75. The third kappa shape index (κ3) is 7.37. The minimum atomic E-state index is -3.48. The number of hydrogen-bond acceptors (Lipinski definition) is 4. The summed E-state index contributed by atoms with van der Waals surface area (Å²) in [6.07, 6.45) is 2.67. The molecule has 0 fully saturated rings. The SMILES string of the molecule is COc1cccc(N(CCCC(=O)N[C@H](CC(C)C)c2ccccc2)S(C)(=O)=O)c1. The van der Waals surface area contributed by atoms with Crippen LogP contribution in [0.5, 0.6) is 5.75 Å². The summed E-state index contributed by atoms with van der Waals surface area (Å²) < 4.78 is 31.1. The molecule has 7 heteroatoms. The van der Waals surface area contributed by atoms with Crippen molar-refractivity contribution < 1.29 is 17.9 Å². The van der Waals surface area contributed by atoms with Gasteiger partial charge in [-0.15, -0.1) is 0 Å². The van der Waals surface area contributed by atoms with Gasteiger partial charge in [0.05, 0.1) is 25.1 Å². The maximum absolute atomic E-state index is 12.6.